The molecule has 1 amide bonds. The van der Waals surface area contributed by atoms with Crippen molar-refractivity contribution < 1.29 is 4.79 Å². The Kier molecular flexibility index (Phi) is 3.51. The molecule has 1 N–H and O–H groups in total. The highest BCUT2D eigenvalue weighted by Gasteiger charge is 2.15. The fourth-order valence-corrected chi connectivity index (χ4v) is 1.92. The molecule has 1 saturated heterocycles. The summed E-state index contributed by atoms with van der Waals surface area (Å²) in [6, 6.07) is 0. The molecule has 1 aromatic heterocycles. The Balaban J connectivity index is 2.20. The predicted molar refractivity (Wildman–Crippen MR) is 64.9 cm³/mol. The highest BCUT2D eigenvalue weighted by atomic mass is 16.1. The minimum atomic E-state index is -0.166. The lowest BCUT2D eigenvalue weighted by Gasteiger charge is -2.26. The summed E-state index contributed by atoms with van der Waals surface area (Å²) in [5.41, 5.74) is 0. The van der Waals surface area contributed by atoms with Crippen LogP contribution in [0, 0.1) is 6.92 Å². The van der Waals surface area contributed by atoms with E-state index in [9.17, 15) is 4.79 Å². The first kappa shape index (κ1) is 11.8. The molecule has 1 aliphatic heterocycles. The SMILES string of the molecule is CC(=O)Nc1nc(C)nc(N2CCCCC2)n1. The van der Waals surface area contributed by atoms with Gasteiger partial charge in [-0.2, -0.15) is 15.0 Å². The molecule has 0 saturated carbocycles. The summed E-state index contributed by atoms with van der Waals surface area (Å²) in [6.45, 7) is 5.20. The average Bonchev–Trinajstić information content (AvgIpc) is 2.28. The van der Waals surface area contributed by atoms with E-state index in [2.05, 4.69) is 25.2 Å². The Morgan fingerprint density at radius 3 is 2.53 bits per heavy atom. The molecule has 6 nitrogen and oxygen atoms in total. The van der Waals surface area contributed by atoms with Gasteiger partial charge in [0.1, 0.15) is 5.82 Å². The van der Waals surface area contributed by atoms with Crippen molar-refractivity contribution in [1.82, 2.24) is 15.0 Å². The molecule has 0 unspecified atom stereocenters. The van der Waals surface area contributed by atoms with Gasteiger partial charge >= 0.3 is 0 Å². The number of hydrogen-bond donors (Lipinski definition) is 1. The molecular weight excluding hydrogens is 218 g/mol. The van der Waals surface area contributed by atoms with Crippen molar-refractivity contribution in [3.63, 3.8) is 0 Å². The number of nitrogens with one attached hydrogen (secondary N) is 1. The maximum Gasteiger partial charge on any atom is 0.234 e. The minimum Gasteiger partial charge on any atom is -0.341 e. The van der Waals surface area contributed by atoms with Crippen molar-refractivity contribution >= 4 is 17.8 Å². The van der Waals surface area contributed by atoms with Crippen LogP contribution in [-0.4, -0.2) is 33.9 Å². The lowest BCUT2D eigenvalue weighted by molar-refractivity contribution is -0.114. The van der Waals surface area contributed by atoms with E-state index < -0.39 is 0 Å². The quantitative estimate of drug-likeness (QED) is 0.832. The monoisotopic (exact) mass is 235 g/mol. The van der Waals surface area contributed by atoms with Crippen LogP contribution in [0.2, 0.25) is 0 Å². The number of hydrogen-bond acceptors (Lipinski definition) is 5. The molecule has 0 radical (unpaired) electrons. The molecular formula is C11H17N5O. The van der Waals surface area contributed by atoms with Gasteiger partial charge in [0.05, 0.1) is 0 Å². The fraction of sp³-hybridized carbons (Fsp3) is 0.636. The average molecular weight is 235 g/mol. The maximum atomic E-state index is 11.0. The smallest absolute Gasteiger partial charge is 0.234 e. The van der Waals surface area contributed by atoms with Gasteiger partial charge in [0.2, 0.25) is 17.8 Å². The molecule has 1 aromatic rings. The van der Waals surface area contributed by atoms with E-state index in [1.165, 1.54) is 26.2 Å². The Morgan fingerprint density at radius 2 is 1.88 bits per heavy atom. The van der Waals surface area contributed by atoms with Gasteiger partial charge in [0, 0.05) is 20.0 Å². The zero-order chi connectivity index (χ0) is 12.3. The third-order valence-electron chi connectivity index (χ3n) is 2.66. The number of anilines is 2. The standard InChI is InChI=1S/C11H17N5O/c1-8-12-10(14-9(2)17)15-11(13-8)16-6-4-3-5-7-16/h3-7H2,1-2H3,(H,12,13,14,15,17). The highest BCUT2D eigenvalue weighted by molar-refractivity contribution is 5.86. The zero-order valence-corrected chi connectivity index (χ0v) is 10.2. The van der Waals surface area contributed by atoms with Crippen molar-refractivity contribution in [2.75, 3.05) is 23.3 Å². The topological polar surface area (TPSA) is 71.0 Å². The van der Waals surface area contributed by atoms with Crippen LogP contribution in [0.3, 0.4) is 0 Å². The Labute approximate surface area is 100 Å². The van der Waals surface area contributed by atoms with Crippen molar-refractivity contribution in [2.24, 2.45) is 0 Å². The lowest BCUT2D eigenvalue weighted by atomic mass is 10.1. The van der Waals surface area contributed by atoms with E-state index in [-0.39, 0.29) is 5.91 Å². The molecule has 1 fully saturated rings. The van der Waals surface area contributed by atoms with Gasteiger partial charge < -0.3 is 4.90 Å². The second-order valence-electron chi connectivity index (χ2n) is 4.24. The van der Waals surface area contributed by atoms with Gasteiger partial charge in [-0.15, -0.1) is 0 Å². The Hall–Kier alpha value is -1.72. The van der Waals surface area contributed by atoms with E-state index in [1.807, 2.05) is 0 Å². The molecule has 6 heteroatoms. The van der Waals surface area contributed by atoms with Gasteiger partial charge in [-0.3, -0.25) is 10.1 Å². The van der Waals surface area contributed by atoms with E-state index in [0.717, 1.165) is 13.1 Å². The van der Waals surface area contributed by atoms with Crippen molar-refractivity contribution in [3.8, 4) is 0 Å². The number of carbonyl (C=O) groups excluding carboxylic acids is 1. The van der Waals surface area contributed by atoms with Gasteiger partial charge in [-0.25, -0.2) is 0 Å². The Bertz CT molecular complexity index is 414. The summed E-state index contributed by atoms with van der Waals surface area (Å²) >= 11 is 0. The molecule has 92 valence electrons. The van der Waals surface area contributed by atoms with Crippen molar-refractivity contribution in [1.29, 1.82) is 0 Å². The van der Waals surface area contributed by atoms with Crippen LogP contribution < -0.4 is 10.2 Å². The summed E-state index contributed by atoms with van der Waals surface area (Å²) in [4.78, 5) is 25.8. The third kappa shape index (κ3) is 3.12. The van der Waals surface area contributed by atoms with Gasteiger partial charge in [-0.1, -0.05) is 0 Å². The van der Waals surface area contributed by atoms with Crippen LogP contribution in [0.4, 0.5) is 11.9 Å². The van der Waals surface area contributed by atoms with Gasteiger partial charge in [0.25, 0.3) is 0 Å². The summed E-state index contributed by atoms with van der Waals surface area (Å²) < 4.78 is 0. The molecule has 17 heavy (non-hydrogen) atoms. The molecule has 0 atom stereocenters. The summed E-state index contributed by atoms with van der Waals surface area (Å²) in [5, 5.41) is 2.60. The fourth-order valence-electron chi connectivity index (χ4n) is 1.92. The zero-order valence-electron chi connectivity index (χ0n) is 10.2. The number of aryl methyl sites for hydroxylation is 1. The first-order chi connectivity index (χ1) is 8.15. The molecule has 0 aliphatic carbocycles. The molecule has 0 aromatic carbocycles. The number of aromatic nitrogens is 3. The molecule has 2 rings (SSSR count). The van der Waals surface area contributed by atoms with Crippen molar-refractivity contribution in [2.45, 2.75) is 33.1 Å². The van der Waals surface area contributed by atoms with Gasteiger partial charge in [-0.05, 0) is 26.2 Å². The molecule has 2 heterocycles. The first-order valence-electron chi connectivity index (χ1n) is 5.90. The van der Waals surface area contributed by atoms with Crippen molar-refractivity contribution in [3.05, 3.63) is 5.82 Å². The minimum absolute atomic E-state index is 0.166. The Morgan fingerprint density at radius 1 is 1.18 bits per heavy atom. The molecule has 0 bridgehead atoms. The third-order valence-corrected chi connectivity index (χ3v) is 2.66. The van der Waals surface area contributed by atoms with Crippen LogP contribution in [0.1, 0.15) is 32.0 Å². The van der Waals surface area contributed by atoms with E-state index in [4.69, 9.17) is 0 Å². The number of carbonyl (C=O) groups is 1. The molecule has 0 spiro atoms. The summed E-state index contributed by atoms with van der Waals surface area (Å²) in [6.07, 6.45) is 3.60. The lowest BCUT2D eigenvalue weighted by Crippen LogP contribution is -2.31. The van der Waals surface area contributed by atoms with Crippen LogP contribution in [0.5, 0.6) is 0 Å². The van der Waals surface area contributed by atoms with Gasteiger partial charge in [0.15, 0.2) is 0 Å². The predicted octanol–water partition coefficient (Wildman–Crippen LogP) is 1.13. The second kappa shape index (κ2) is 5.07. The second-order valence-corrected chi connectivity index (χ2v) is 4.24. The summed E-state index contributed by atoms with van der Waals surface area (Å²) in [7, 11) is 0. The van der Waals surface area contributed by atoms with E-state index in [0.29, 0.717) is 17.7 Å². The first-order valence-corrected chi connectivity index (χ1v) is 5.90. The van der Waals surface area contributed by atoms with E-state index >= 15 is 0 Å². The number of amides is 1. The maximum absolute atomic E-state index is 11.0. The van der Waals surface area contributed by atoms with Crippen LogP contribution in [0.15, 0.2) is 0 Å². The van der Waals surface area contributed by atoms with Crippen LogP contribution in [-0.2, 0) is 4.79 Å². The van der Waals surface area contributed by atoms with E-state index in [1.54, 1.807) is 6.92 Å². The number of nitrogens with zero attached hydrogens (tertiary/aromatic N) is 4. The van der Waals surface area contributed by atoms with Crippen LogP contribution >= 0.6 is 0 Å². The number of rotatable bonds is 2. The largest absolute Gasteiger partial charge is 0.341 e. The normalized spacial score (nSPS) is 15.8. The highest BCUT2D eigenvalue weighted by Crippen LogP contribution is 2.16. The molecule has 1 aliphatic rings. The van der Waals surface area contributed by atoms with Crippen LogP contribution in [0.25, 0.3) is 0 Å². The number of piperidine rings is 1. The summed E-state index contributed by atoms with van der Waals surface area (Å²) in [5.74, 6) is 1.47.